The topological polar surface area (TPSA) is 24.1 Å². The molecule has 3 heteroatoms. The summed E-state index contributed by atoms with van der Waals surface area (Å²) in [6, 6.07) is 20.1. The molecule has 2 nitrogen and oxygen atoms in total. The number of hydrogen-bond donors (Lipinski definition) is 2. The van der Waals surface area contributed by atoms with E-state index in [1.165, 1.54) is 5.56 Å². The van der Waals surface area contributed by atoms with E-state index in [0.29, 0.717) is 4.99 Å². The monoisotopic (exact) mass is 242 g/mol. The molecule has 2 aromatic carbocycles. The van der Waals surface area contributed by atoms with E-state index in [1.807, 2.05) is 48.5 Å². The Morgan fingerprint density at radius 1 is 0.882 bits per heavy atom. The maximum Gasteiger partial charge on any atom is 0.120 e. The van der Waals surface area contributed by atoms with E-state index in [9.17, 15) is 0 Å². The Labute approximate surface area is 107 Å². The molecule has 0 aliphatic rings. The van der Waals surface area contributed by atoms with E-state index in [-0.39, 0.29) is 0 Å². The second-order valence-corrected chi connectivity index (χ2v) is 4.07. The van der Waals surface area contributed by atoms with Gasteiger partial charge in [-0.05, 0) is 5.56 Å². The third kappa shape index (κ3) is 3.66. The number of hydrazine groups is 1. The average Bonchev–Trinajstić information content (AvgIpc) is 2.41. The van der Waals surface area contributed by atoms with Crippen LogP contribution in [-0.4, -0.2) is 4.99 Å². The summed E-state index contributed by atoms with van der Waals surface area (Å²) in [4.78, 5) is 0.710. The van der Waals surface area contributed by atoms with Crippen molar-refractivity contribution < 1.29 is 0 Å². The molecule has 0 unspecified atom stereocenters. The number of nitrogens with one attached hydrogen (secondary N) is 2. The molecular formula is C14H14N2S. The lowest BCUT2D eigenvalue weighted by atomic mass is 10.2. The van der Waals surface area contributed by atoms with Crippen molar-refractivity contribution in [1.82, 2.24) is 10.9 Å². The van der Waals surface area contributed by atoms with Gasteiger partial charge in [0, 0.05) is 12.1 Å². The van der Waals surface area contributed by atoms with Gasteiger partial charge >= 0.3 is 0 Å². The predicted octanol–water partition coefficient (Wildman–Crippen LogP) is 2.66. The Kier molecular flexibility index (Phi) is 4.24. The molecule has 0 atom stereocenters. The van der Waals surface area contributed by atoms with Crippen LogP contribution in [-0.2, 0) is 6.54 Å². The first-order valence-electron chi connectivity index (χ1n) is 5.48. The van der Waals surface area contributed by atoms with Gasteiger partial charge in [-0.2, -0.15) is 0 Å². The molecule has 0 heterocycles. The lowest BCUT2D eigenvalue weighted by molar-refractivity contribution is 0.659. The standard InChI is InChI=1S/C14H14N2S/c17-14(13-9-5-2-6-10-13)16-15-11-12-7-3-1-4-8-12/h1-10,15H,11H2,(H,16,17). The largest absolute Gasteiger partial charge is 0.311 e. The van der Waals surface area contributed by atoms with Gasteiger partial charge in [0.15, 0.2) is 0 Å². The zero-order chi connectivity index (χ0) is 11.9. The van der Waals surface area contributed by atoms with E-state index < -0.39 is 0 Å². The molecule has 2 aromatic rings. The van der Waals surface area contributed by atoms with E-state index in [0.717, 1.165) is 12.1 Å². The molecule has 0 fully saturated rings. The fourth-order valence-electron chi connectivity index (χ4n) is 1.48. The lowest BCUT2D eigenvalue weighted by Gasteiger charge is -2.09. The van der Waals surface area contributed by atoms with Gasteiger partial charge < -0.3 is 5.43 Å². The summed E-state index contributed by atoms with van der Waals surface area (Å²) in [5.74, 6) is 0. The molecule has 0 saturated heterocycles. The van der Waals surface area contributed by atoms with Crippen LogP contribution in [0.4, 0.5) is 0 Å². The molecule has 0 spiro atoms. The van der Waals surface area contributed by atoms with Crippen molar-refractivity contribution in [1.29, 1.82) is 0 Å². The molecule has 0 radical (unpaired) electrons. The van der Waals surface area contributed by atoms with Crippen LogP contribution in [0.5, 0.6) is 0 Å². The average molecular weight is 242 g/mol. The Morgan fingerprint density at radius 3 is 2.12 bits per heavy atom. The van der Waals surface area contributed by atoms with Crippen LogP contribution in [0.2, 0.25) is 0 Å². The van der Waals surface area contributed by atoms with Gasteiger partial charge in [0.2, 0.25) is 0 Å². The van der Waals surface area contributed by atoms with Crippen molar-refractivity contribution in [3.63, 3.8) is 0 Å². The predicted molar refractivity (Wildman–Crippen MR) is 74.6 cm³/mol. The lowest BCUT2D eigenvalue weighted by Crippen LogP contribution is -2.36. The Balaban J connectivity index is 1.82. The minimum Gasteiger partial charge on any atom is -0.311 e. The summed E-state index contributed by atoms with van der Waals surface area (Å²) in [5.41, 5.74) is 8.37. The molecule has 17 heavy (non-hydrogen) atoms. The van der Waals surface area contributed by atoms with Gasteiger partial charge in [-0.25, -0.2) is 5.43 Å². The highest BCUT2D eigenvalue weighted by Gasteiger charge is 1.98. The van der Waals surface area contributed by atoms with Crippen molar-refractivity contribution in [3.05, 3.63) is 71.8 Å². The summed E-state index contributed by atoms with van der Waals surface area (Å²) >= 11 is 5.26. The zero-order valence-electron chi connectivity index (χ0n) is 9.39. The van der Waals surface area contributed by atoms with Crippen molar-refractivity contribution in [2.24, 2.45) is 0 Å². The van der Waals surface area contributed by atoms with Gasteiger partial charge in [-0.1, -0.05) is 72.9 Å². The highest BCUT2D eigenvalue weighted by molar-refractivity contribution is 7.80. The number of hydrogen-bond acceptors (Lipinski definition) is 2. The van der Waals surface area contributed by atoms with Crippen LogP contribution in [0.3, 0.4) is 0 Å². The fraction of sp³-hybridized carbons (Fsp3) is 0.0714. The first-order chi connectivity index (χ1) is 8.36. The van der Waals surface area contributed by atoms with Crippen molar-refractivity contribution in [2.45, 2.75) is 6.54 Å². The second-order valence-electron chi connectivity index (χ2n) is 3.66. The smallest absolute Gasteiger partial charge is 0.120 e. The molecule has 0 amide bonds. The summed E-state index contributed by atoms with van der Waals surface area (Å²) in [7, 11) is 0. The van der Waals surface area contributed by atoms with E-state index >= 15 is 0 Å². The van der Waals surface area contributed by atoms with Crippen LogP contribution in [0.25, 0.3) is 0 Å². The molecule has 0 aliphatic heterocycles. The van der Waals surface area contributed by atoms with Crippen LogP contribution in [0.1, 0.15) is 11.1 Å². The third-order valence-corrected chi connectivity index (χ3v) is 2.71. The first kappa shape index (κ1) is 11.8. The molecule has 2 rings (SSSR count). The SMILES string of the molecule is S=C(NNCc1ccccc1)c1ccccc1. The molecular weight excluding hydrogens is 228 g/mol. The fourth-order valence-corrected chi connectivity index (χ4v) is 1.69. The Bertz CT molecular complexity index is 468. The molecule has 0 bridgehead atoms. The van der Waals surface area contributed by atoms with Gasteiger partial charge in [-0.15, -0.1) is 0 Å². The van der Waals surface area contributed by atoms with E-state index in [4.69, 9.17) is 12.2 Å². The Morgan fingerprint density at radius 2 is 1.47 bits per heavy atom. The van der Waals surface area contributed by atoms with Crippen molar-refractivity contribution in [2.75, 3.05) is 0 Å². The van der Waals surface area contributed by atoms with Gasteiger partial charge in [0.1, 0.15) is 4.99 Å². The van der Waals surface area contributed by atoms with E-state index in [2.05, 4.69) is 23.0 Å². The summed E-state index contributed by atoms with van der Waals surface area (Å²) < 4.78 is 0. The number of benzene rings is 2. The van der Waals surface area contributed by atoms with Crippen LogP contribution in [0.15, 0.2) is 60.7 Å². The van der Waals surface area contributed by atoms with E-state index in [1.54, 1.807) is 0 Å². The number of thiocarbonyl (C=S) groups is 1. The minimum atomic E-state index is 0.710. The molecule has 0 aromatic heterocycles. The van der Waals surface area contributed by atoms with Crippen LogP contribution in [0, 0.1) is 0 Å². The minimum absolute atomic E-state index is 0.710. The molecule has 0 aliphatic carbocycles. The maximum absolute atomic E-state index is 5.26. The second kappa shape index (κ2) is 6.13. The molecule has 86 valence electrons. The van der Waals surface area contributed by atoms with Gasteiger partial charge in [-0.3, -0.25) is 0 Å². The zero-order valence-corrected chi connectivity index (χ0v) is 10.2. The molecule has 2 N–H and O–H groups in total. The summed E-state index contributed by atoms with van der Waals surface area (Å²) in [5, 5.41) is 0. The normalized spacial score (nSPS) is 9.88. The highest BCUT2D eigenvalue weighted by Crippen LogP contribution is 1.99. The molecule has 0 saturated carbocycles. The Hall–Kier alpha value is -1.71. The highest BCUT2D eigenvalue weighted by atomic mass is 32.1. The number of rotatable bonds is 4. The summed E-state index contributed by atoms with van der Waals surface area (Å²) in [6.07, 6.45) is 0. The maximum atomic E-state index is 5.26. The van der Waals surface area contributed by atoms with Crippen LogP contribution < -0.4 is 10.9 Å². The van der Waals surface area contributed by atoms with Crippen molar-refractivity contribution in [3.8, 4) is 0 Å². The quantitative estimate of drug-likeness (QED) is 0.636. The summed E-state index contributed by atoms with van der Waals surface area (Å²) in [6.45, 7) is 0.744. The van der Waals surface area contributed by atoms with Crippen LogP contribution >= 0.6 is 12.2 Å². The van der Waals surface area contributed by atoms with Gasteiger partial charge in [0.25, 0.3) is 0 Å². The first-order valence-corrected chi connectivity index (χ1v) is 5.89. The van der Waals surface area contributed by atoms with Crippen molar-refractivity contribution >= 4 is 17.2 Å². The van der Waals surface area contributed by atoms with Gasteiger partial charge in [0.05, 0.1) is 0 Å². The third-order valence-electron chi connectivity index (χ3n) is 2.37.